The zero-order chi connectivity index (χ0) is 22.1. The molecule has 7 nitrogen and oxygen atoms in total. The van der Waals surface area contributed by atoms with Gasteiger partial charge in [-0.1, -0.05) is 11.6 Å². The van der Waals surface area contributed by atoms with E-state index in [1.54, 1.807) is 40.5 Å². The van der Waals surface area contributed by atoms with Crippen molar-refractivity contribution in [1.29, 1.82) is 0 Å². The fraction of sp³-hybridized carbons (Fsp3) is 0.261. The molecule has 1 aromatic carbocycles. The predicted molar refractivity (Wildman–Crippen MR) is 126 cm³/mol. The molecule has 32 heavy (non-hydrogen) atoms. The number of anilines is 1. The summed E-state index contributed by atoms with van der Waals surface area (Å²) in [6.07, 6.45) is 2.49. The van der Waals surface area contributed by atoms with Crippen molar-refractivity contribution in [1.82, 2.24) is 19.7 Å². The van der Waals surface area contributed by atoms with Crippen LogP contribution in [0.3, 0.4) is 0 Å². The van der Waals surface area contributed by atoms with E-state index in [2.05, 4.69) is 20.4 Å². The lowest BCUT2D eigenvalue weighted by molar-refractivity contribution is 0.0760. The van der Waals surface area contributed by atoms with Crippen LogP contribution in [0.2, 0.25) is 5.02 Å². The van der Waals surface area contributed by atoms with Gasteiger partial charge in [0, 0.05) is 42.6 Å². The third-order valence-corrected chi connectivity index (χ3v) is 6.71. The van der Waals surface area contributed by atoms with E-state index >= 15 is 0 Å². The van der Waals surface area contributed by atoms with Gasteiger partial charge >= 0.3 is 0 Å². The minimum Gasteiger partial charge on any atom is -0.463 e. The van der Waals surface area contributed by atoms with Crippen LogP contribution in [-0.4, -0.2) is 51.8 Å². The lowest BCUT2D eigenvalue weighted by Crippen LogP contribution is -2.35. The molecule has 164 valence electrons. The Labute approximate surface area is 194 Å². The fourth-order valence-electron chi connectivity index (χ4n) is 3.83. The highest BCUT2D eigenvalue weighted by Crippen LogP contribution is 2.27. The molecule has 0 saturated carbocycles. The Balaban J connectivity index is 1.41. The summed E-state index contributed by atoms with van der Waals surface area (Å²) in [5.74, 6) is 0.565. The van der Waals surface area contributed by atoms with Gasteiger partial charge in [0.2, 0.25) is 0 Å². The quantitative estimate of drug-likeness (QED) is 0.427. The minimum absolute atomic E-state index is 0.0808. The molecule has 1 fully saturated rings. The van der Waals surface area contributed by atoms with Crippen molar-refractivity contribution in [3.05, 3.63) is 70.5 Å². The maximum Gasteiger partial charge on any atom is 0.274 e. The largest absolute Gasteiger partial charge is 0.463 e. The van der Waals surface area contributed by atoms with Gasteiger partial charge in [0.25, 0.3) is 5.91 Å². The minimum atomic E-state index is -0.0808. The van der Waals surface area contributed by atoms with Crippen LogP contribution in [0.25, 0.3) is 17.1 Å². The molecule has 1 aliphatic heterocycles. The number of halogens is 1. The number of amides is 1. The van der Waals surface area contributed by atoms with E-state index in [1.807, 2.05) is 36.1 Å². The average Bonchev–Trinajstić information content (AvgIpc) is 3.52. The molecule has 1 aliphatic rings. The zero-order valence-electron chi connectivity index (χ0n) is 17.6. The van der Waals surface area contributed by atoms with E-state index in [4.69, 9.17) is 16.0 Å². The van der Waals surface area contributed by atoms with Crippen molar-refractivity contribution in [2.75, 3.05) is 31.1 Å². The third kappa shape index (κ3) is 4.16. The fourth-order valence-corrected chi connectivity index (χ4v) is 4.81. The number of carbonyl (C=O) groups excluding carboxylic acids is 1. The summed E-state index contributed by atoms with van der Waals surface area (Å²) in [5.41, 5.74) is 2.95. The molecular formula is C23H22ClN5O2S. The molecule has 0 radical (unpaired) electrons. The van der Waals surface area contributed by atoms with Crippen LogP contribution in [0.4, 0.5) is 5.13 Å². The molecule has 0 aliphatic carbocycles. The zero-order valence-corrected chi connectivity index (χ0v) is 19.1. The Hall–Kier alpha value is -3.10. The number of carbonyl (C=O) groups is 1. The SMILES string of the molecule is Cc1csc(N2CCCN(C(=O)c3cc(-c4ccco4)n(-c4ccc(Cl)cc4)n3)CC2)n1. The second-order valence-electron chi connectivity index (χ2n) is 7.68. The maximum atomic E-state index is 13.4. The highest BCUT2D eigenvalue weighted by atomic mass is 35.5. The van der Waals surface area contributed by atoms with Crippen molar-refractivity contribution in [3.63, 3.8) is 0 Å². The van der Waals surface area contributed by atoms with E-state index in [0.717, 1.165) is 41.7 Å². The molecule has 9 heteroatoms. The lowest BCUT2D eigenvalue weighted by Gasteiger charge is -2.21. The Bertz CT molecular complexity index is 1220. The molecule has 0 N–H and O–H groups in total. The first-order valence-corrected chi connectivity index (χ1v) is 11.7. The van der Waals surface area contributed by atoms with Crippen molar-refractivity contribution >= 4 is 34.0 Å². The van der Waals surface area contributed by atoms with Gasteiger partial charge in [-0.2, -0.15) is 5.10 Å². The first kappa shape index (κ1) is 20.8. The molecular weight excluding hydrogens is 446 g/mol. The molecule has 0 spiro atoms. The van der Waals surface area contributed by atoms with Crippen LogP contribution in [0.5, 0.6) is 0 Å². The van der Waals surface area contributed by atoms with Crippen molar-refractivity contribution in [2.45, 2.75) is 13.3 Å². The average molecular weight is 468 g/mol. The number of hydrogen-bond acceptors (Lipinski definition) is 6. The molecule has 4 aromatic rings. The summed E-state index contributed by atoms with van der Waals surface area (Å²) in [5, 5.41) is 8.37. The Morgan fingerprint density at radius 3 is 2.69 bits per heavy atom. The third-order valence-electron chi connectivity index (χ3n) is 5.43. The van der Waals surface area contributed by atoms with E-state index in [9.17, 15) is 4.79 Å². The van der Waals surface area contributed by atoms with E-state index in [-0.39, 0.29) is 5.91 Å². The summed E-state index contributed by atoms with van der Waals surface area (Å²) in [4.78, 5) is 22.1. The topological polar surface area (TPSA) is 67.4 Å². The molecule has 0 bridgehead atoms. The summed E-state index contributed by atoms with van der Waals surface area (Å²) in [7, 11) is 0. The molecule has 5 rings (SSSR count). The second-order valence-corrected chi connectivity index (χ2v) is 8.96. The number of thiazole rings is 1. The normalized spacial score (nSPS) is 14.6. The van der Waals surface area contributed by atoms with Crippen LogP contribution >= 0.6 is 22.9 Å². The number of nitrogens with zero attached hydrogens (tertiary/aromatic N) is 5. The predicted octanol–water partition coefficient (Wildman–Crippen LogP) is 4.90. The Morgan fingerprint density at radius 2 is 1.97 bits per heavy atom. The molecule has 0 atom stereocenters. The highest BCUT2D eigenvalue weighted by molar-refractivity contribution is 7.13. The number of aryl methyl sites for hydroxylation is 1. The van der Waals surface area contributed by atoms with Crippen molar-refractivity contribution in [3.8, 4) is 17.1 Å². The van der Waals surface area contributed by atoms with Gasteiger partial charge in [-0.25, -0.2) is 9.67 Å². The standard InChI is InChI=1S/C23H22ClN5O2S/c1-16-15-32-23(25-16)28-10-3-9-27(11-12-28)22(30)19-14-20(21-4-2-13-31-21)29(26-19)18-7-5-17(24)6-8-18/h2,4-8,13-15H,3,9-12H2,1H3. The Morgan fingerprint density at radius 1 is 1.12 bits per heavy atom. The summed E-state index contributed by atoms with van der Waals surface area (Å²) in [6, 6.07) is 12.8. The van der Waals surface area contributed by atoms with Gasteiger partial charge in [-0.3, -0.25) is 4.79 Å². The first-order valence-electron chi connectivity index (χ1n) is 10.4. The summed E-state index contributed by atoms with van der Waals surface area (Å²) >= 11 is 7.70. The molecule has 3 aromatic heterocycles. The van der Waals surface area contributed by atoms with Gasteiger partial charge in [-0.15, -0.1) is 11.3 Å². The van der Waals surface area contributed by atoms with Crippen LogP contribution in [-0.2, 0) is 0 Å². The number of furan rings is 1. The Kier molecular flexibility index (Phi) is 5.71. The number of aromatic nitrogens is 3. The van der Waals surface area contributed by atoms with Crippen LogP contribution in [0.15, 0.2) is 58.5 Å². The summed E-state index contributed by atoms with van der Waals surface area (Å²) in [6.45, 7) is 4.95. The maximum absolute atomic E-state index is 13.4. The van der Waals surface area contributed by atoms with E-state index < -0.39 is 0 Å². The molecule has 1 saturated heterocycles. The van der Waals surface area contributed by atoms with Crippen molar-refractivity contribution < 1.29 is 9.21 Å². The van der Waals surface area contributed by atoms with Crippen LogP contribution < -0.4 is 4.90 Å². The second kappa shape index (κ2) is 8.80. The van der Waals surface area contributed by atoms with E-state index in [0.29, 0.717) is 29.6 Å². The summed E-state index contributed by atoms with van der Waals surface area (Å²) < 4.78 is 7.33. The smallest absolute Gasteiger partial charge is 0.274 e. The van der Waals surface area contributed by atoms with E-state index in [1.165, 1.54) is 0 Å². The highest BCUT2D eigenvalue weighted by Gasteiger charge is 2.25. The molecule has 1 amide bonds. The van der Waals surface area contributed by atoms with Gasteiger partial charge in [0.05, 0.1) is 17.6 Å². The van der Waals surface area contributed by atoms with Gasteiger partial charge in [0.1, 0.15) is 5.69 Å². The van der Waals surface area contributed by atoms with Crippen LogP contribution in [0.1, 0.15) is 22.6 Å². The first-order chi connectivity index (χ1) is 15.6. The van der Waals surface area contributed by atoms with Gasteiger partial charge in [0.15, 0.2) is 16.6 Å². The number of rotatable bonds is 4. The number of benzene rings is 1. The molecule has 4 heterocycles. The molecule has 0 unspecified atom stereocenters. The number of hydrogen-bond donors (Lipinski definition) is 0. The lowest BCUT2D eigenvalue weighted by atomic mass is 10.2. The van der Waals surface area contributed by atoms with Crippen LogP contribution in [0, 0.1) is 6.92 Å². The van der Waals surface area contributed by atoms with Gasteiger partial charge in [-0.05, 0) is 49.7 Å². The monoisotopic (exact) mass is 467 g/mol. The van der Waals surface area contributed by atoms with Crippen molar-refractivity contribution in [2.24, 2.45) is 0 Å². The van der Waals surface area contributed by atoms with Gasteiger partial charge < -0.3 is 14.2 Å².